The average molecular weight is 284 g/mol. The van der Waals surface area contributed by atoms with E-state index >= 15 is 0 Å². The third-order valence-electron chi connectivity index (χ3n) is 1.28. The van der Waals surface area contributed by atoms with Crippen LogP contribution < -0.4 is 4.74 Å². The van der Waals surface area contributed by atoms with Gasteiger partial charge >= 0.3 is 6.61 Å². The number of benzene rings is 1. The van der Waals surface area contributed by atoms with Gasteiger partial charge in [-0.2, -0.15) is 8.78 Å². The van der Waals surface area contributed by atoms with Gasteiger partial charge in [-0.05, 0) is 17.7 Å². The zero-order valence-electron chi connectivity index (χ0n) is 6.14. The first-order valence-electron chi connectivity index (χ1n) is 3.32. The van der Waals surface area contributed by atoms with Crippen LogP contribution in [0.2, 0.25) is 0 Å². The van der Waals surface area contributed by atoms with Gasteiger partial charge in [-0.15, -0.1) is 0 Å². The molecule has 0 aliphatic rings. The summed E-state index contributed by atoms with van der Waals surface area (Å²) in [6.07, 6.45) is 0. The predicted molar refractivity (Wildman–Crippen MR) is 50.8 cm³/mol. The van der Waals surface area contributed by atoms with E-state index < -0.39 is 6.61 Å². The molecule has 0 fully saturated rings. The van der Waals surface area contributed by atoms with Crippen LogP contribution in [0.25, 0.3) is 0 Å². The number of rotatable bonds is 3. The largest absolute Gasteiger partial charge is 0.435 e. The van der Waals surface area contributed by atoms with Gasteiger partial charge < -0.3 is 4.74 Å². The maximum atomic E-state index is 11.7. The molecule has 0 bridgehead atoms. The molecule has 1 rings (SSSR count). The van der Waals surface area contributed by atoms with Crippen LogP contribution in [0.3, 0.4) is 0 Å². The standard InChI is InChI=1S/C8H7F2IO/c9-8(10)12-7-3-1-2-6(4-7)5-11/h1-4,8H,5H2. The van der Waals surface area contributed by atoms with Gasteiger partial charge in [-0.1, -0.05) is 34.7 Å². The molecule has 0 atom stereocenters. The summed E-state index contributed by atoms with van der Waals surface area (Å²) in [7, 11) is 0. The van der Waals surface area contributed by atoms with Crippen LogP contribution in [0.5, 0.6) is 5.75 Å². The second-order valence-corrected chi connectivity index (χ2v) is 2.92. The molecule has 0 N–H and O–H groups in total. The first-order valence-corrected chi connectivity index (χ1v) is 4.84. The lowest BCUT2D eigenvalue weighted by molar-refractivity contribution is -0.0498. The van der Waals surface area contributed by atoms with Crippen molar-refractivity contribution in [1.29, 1.82) is 0 Å². The average Bonchev–Trinajstić information content (AvgIpc) is 2.03. The lowest BCUT2D eigenvalue weighted by atomic mass is 10.2. The van der Waals surface area contributed by atoms with E-state index in [1.165, 1.54) is 6.07 Å². The topological polar surface area (TPSA) is 9.23 Å². The fraction of sp³-hybridized carbons (Fsp3) is 0.250. The fourth-order valence-electron chi connectivity index (χ4n) is 0.805. The normalized spacial score (nSPS) is 10.3. The first-order chi connectivity index (χ1) is 5.72. The monoisotopic (exact) mass is 284 g/mol. The van der Waals surface area contributed by atoms with Gasteiger partial charge in [0.05, 0.1) is 0 Å². The van der Waals surface area contributed by atoms with Gasteiger partial charge in [0.25, 0.3) is 0 Å². The maximum Gasteiger partial charge on any atom is 0.387 e. The Kier molecular flexibility index (Phi) is 3.71. The van der Waals surface area contributed by atoms with Gasteiger partial charge in [-0.3, -0.25) is 0 Å². The van der Waals surface area contributed by atoms with Crippen LogP contribution in [0.1, 0.15) is 5.56 Å². The number of alkyl halides is 3. The Labute approximate surface area is 82.9 Å². The Bertz CT molecular complexity index is 253. The molecular formula is C8H7F2IO. The van der Waals surface area contributed by atoms with E-state index in [-0.39, 0.29) is 5.75 Å². The molecule has 0 aliphatic heterocycles. The van der Waals surface area contributed by atoms with Crippen molar-refractivity contribution in [2.24, 2.45) is 0 Å². The van der Waals surface area contributed by atoms with Crippen LogP contribution in [0, 0.1) is 0 Å². The molecule has 0 radical (unpaired) electrons. The summed E-state index contributed by atoms with van der Waals surface area (Å²) >= 11 is 2.16. The van der Waals surface area contributed by atoms with E-state index in [4.69, 9.17) is 0 Å². The highest BCUT2D eigenvalue weighted by Gasteiger charge is 2.03. The summed E-state index contributed by atoms with van der Waals surface area (Å²) < 4.78 is 28.5. The number of hydrogen-bond donors (Lipinski definition) is 0. The van der Waals surface area contributed by atoms with Crippen LogP contribution >= 0.6 is 22.6 Å². The van der Waals surface area contributed by atoms with E-state index in [0.29, 0.717) is 0 Å². The highest BCUT2D eigenvalue weighted by atomic mass is 127. The molecule has 0 saturated carbocycles. The summed E-state index contributed by atoms with van der Waals surface area (Å²) in [4.78, 5) is 0. The highest BCUT2D eigenvalue weighted by Crippen LogP contribution is 2.17. The minimum Gasteiger partial charge on any atom is -0.435 e. The highest BCUT2D eigenvalue weighted by molar-refractivity contribution is 14.1. The Balaban J connectivity index is 2.72. The quantitative estimate of drug-likeness (QED) is 0.611. The van der Waals surface area contributed by atoms with Crippen molar-refractivity contribution in [2.75, 3.05) is 0 Å². The molecule has 0 aromatic heterocycles. The fourth-order valence-corrected chi connectivity index (χ4v) is 1.28. The molecule has 0 unspecified atom stereocenters. The minimum atomic E-state index is -2.74. The van der Waals surface area contributed by atoms with Crippen molar-refractivity contribution in [3.05, 3.63) is 29.8 Å². The Morgan fingerprint density at radius 1 is 1.42 bits per heavy atom. The van der Waals surface area contributed by atoms with E-state index in [1.807, 2.05) is 6.07 Å². The Morgan fingerprint density at radius 2 is 2.17 bits per heavy atom. The molecule has 0 amide bonds. The molecule has 1 nitrogen and oxygen atoms in total. The van der Waals surface area contributed by atoms with E-state index in [1.54, 1.807) is 12.1 Å². The molecule has 0 spiro atoms. The van der Waals surface area contributed by atoms with Gasteiger partial charge in [0.1, 0.15) is 5.75 Å². The van der Waals surface area contributed by atoms with Gasteiger partial charge in [-0.25, -0.2) is 0 Å². The molecule has 1 aromatic rings. The van der Waals surface area contributed by atoms with Crippen LogP contribution in [-0.2, 0) is 4.43 Å². The molecular weight excluding hydrogens is 277 g/mol. The van der Waals surface area contributed by atoms with Gasteiger partial charge in [0.15, 0.2) is 0 Å². The number of hydrogen-bond acceptors (Lipinski definition) is 1. The van der Waals surface area contributed by atoms with Crippen LogP contribution in [-0.4, -0.2) is 6.61 Å². The molecule has 12 heavy (non-hydrogen) atoms. The van der Waals surface area contributed by atoms with Gasteiger partial charge in [0, 0.05) is 4.43 Å². The van der Waals surface area contributed by atoms with Gasteiger partial charge in [0.2, 0.25) is 0 Å². The van der Waals surface area contributed by atoms with E-state index in [2.05, 4.69) is 27.3 Å². The Hall–Kier alpha value is -0.390. The summed E-state index contributed by atoms with van der Waals surface area (Å²) in [6.45, 7) is -2.74. The zero-order valence-corrected chi connectivity index (χ0v) is 8.29. The lowest BCUT2D eigenvalue weighted by Gasteiger charge is -2.04. The summed E-state index contributed by atoms with van der Waals surface area (Å²) in [5, 5.41) is 0. The number of halogens is 3. The van der Waals surface area contributed by atoms with E-state index in [9.17, 15) is 8.78 Å². The second-order valence-electron chi connectivity index (χ2n) is 2.16. The van der Waals surface area contributed by atoms with Crippen LogP contribution in [0.4, 0.5) is 8.78 Å². The van der Waals surface area contributed by atoms with Crippen molar-refractivity contribution in [3.63, 3.8) is 0 Å². The minimum absolute atomic E-state index is 0.221. The van der Waals surface area contributed by atoms with Crippen molar-refractivity contribution < 1.29 is 13.5 Å². The SMILES string of the molecule is FC(F)Oc1cccc(CI)c1. The molecule has 0 saturated heterocycles. The van der Waals surface area contributed by atoms with Crippen molar-refractivity contribution in [3.8, 4) is 5.75 Å². The summed E-state index contributed by atoms with van der Waals surface area (Å²) in [5.41, 5.74) is 0.980. The third-order valence-corrected chi connectivity index (χ3v) is 2.16. The van der Waals surface area contributed by atoms with Crippen molar-refractivity contribution in [1.82, 2.24) is 0 Å². The Morgan fingerprint density at radius 3 is 2.75 bits per heavy atom. The van der Waals surface area contributed by atoms with Crippen molar-refractivity contribution >= 4 is 22.6 Å². The molecule has 0 aliphatic carbocycles. The van der Waals surface area contributed by atoms with E-state index in [0.717, 1.165) is 9.99 Å². The third kappa shape index (κ3) is 2.92. The molecule has 0 heterocycles. The van der Waals surface area contributed by atoms with Crippen molar-refractivity contribution in [2.45, 2.75) is 11.0 Å². The summed E-state index contributed by atoms with van der Waals surface area (Å²) in [6, 6.07) is 6.69. The summed E-state index contributed by atoms with van der Waals surface area (Å²) in [5.74, 6) is 0.221. The second kappa shape index (κ2) is 4.59. The zero-order chi connectivity index (χ0) is 8.97. The first kappa shape index (κ1) is 9.70. The maximum absolute atomic E-state index is 11.7. The van der Waals surface area contributed by atoms with Crippen LogP contribution in [0.15, 0.2) is 24.3 Å². The number of ether oxygens (including phenoxy) is 1. The molecule has 1 aromatic carbocycles. The predicted octanol–water partition coefficient (Wildman–Crippen LogP) is 3.22. The lowest BCUT2D eigenvalue weighted by Crippen LogP contribution is -2.01. The molecule has 4 heteroatoms. The smallest absolute Gasteiger partial charge is 0.387 e. The molecule has 66 valence electrons.